The zero-order chi connectivity index (χ0) is 22.6. The number of carbonyl (C=O) groups excluding carboxylic acids is 1. The number of benzene rings is 2. The van der Waals surface area contributed by atoms with Crippen molar-refractivity contribution in [2.75, 3.05) is 11.9 Å². The molecule has 3 heterocycles. The van der Waals surface area contributed by atoms with Gasteiger partial charge < -0.3 is 10.1 Å². The van der Waals surface area contributed by atoms with Gasteiger partial charge in [-0.15, -0.1) is 10.2 Å². The van der Waals surface area contributed by atoms with E-state index in [4.69, 9.17) is 9.84 Å². The fourth-order valence-corrected chi connectivity index (χ4v) is 3.43. The monoisotopic (exact) mass is 436 g/mol. The van der Waals surface area contributed by atoms with Crippen molar-refractivity contribution in [3.8, 4) is 28.4 Å². The lowest BCUT2D eigenvalue weighted by molar-refractivity contribution is -0.118. The van der Waals surface area contributed by atoms with Gasteiger partial charge in [0.15, 0.2) is 18.1 Å². The first kappa shape index (κ1) is 20.3. The minimum atomic E-state index is -0.241. The van der Waals surface area contributed by atoms with Gasteiger partial charge in [-0.3, -0.25) is 9.78 Å². The Labute approximate surface area is 189 Å². The van der Waals surface area contributed by atoms with Crippen LogP contribution in [0.2, 0.25) is 0 Å². The number of hydrogen-bond acceptors (Lipinski definition) is 6. The van der Waals surface area contributed by atoms with Crippen molar-refractivity contribution in [1.82, 2.24) is 24.8 Å². The number of anilines is 1. The third kappa shape index (κ3) is 4.54. The van der Waals surface area contributed by atoms with Crippen LogP contribution in [0.15, 0.2) is 85.2 Å². The van der Waals surface area contributed by atoms with Gasteiger partial charge in [0.2, 0.25) is 0 Å². The molecule has 0 fully saturated rings. The molecule has 0 saturated heterocycles. The van der Waals surface area contributed by atoms with Gasteiger partial charge in [0.25, 0.3) is 5.91 Å². The number of fused-ring (bicyclic) bond motifs is 1. The highest BCUT2D eigenvalue weighted by atomic mass is 16.5. The van der Waals surface area contributed by atoms with Crippen molar-refractivity contribution in [3.05, 3.63) is 90.8 Å². The van der Waals surface area contributed by atoms with Crippen molar-refractivity contribution in [1.29, 1.82) is 0 Å². The Bertz CT molecular complexity index is 1430. The Morgan fingerprint density at radius 3 is 2.70 bits per heavy atom. The van der Waals surface area contributed by atoms with Crippen LogP contribution in [-0.2, 0) is 4.79 Å². The molecule has 0 aliphatic carbocycles. The summed E-state index contributed by atoms with van der Waals surface area (Å²) < 4.78 is 7.27. The van der Waals surface area contributed by atoms with Gasteiger partial charge in [-0.25, -0.2) is 0 Å². The maximum atomic E-state index is 12.4. The van der Waals surface area contributed by atoms with Gasteiger partial charge >= 0.3 is 0 Å². The number of nitrogens with one attached hydrogen (secondary N) is 1. The van der Waals surface area contributed by atoms with Crippen LogP contribution in [0.3, 0.4) is 0 Å². The van der Waals surface area contributed by atoms with Gasteiger partial charge in [0.05, 0.1) is 5.69 Å². The summed E-state index contributed by atoms with van der Waals surface area (Å²) in [6, 6.07) is 22.6. The van der Waals surface area contributed by atoms with Crippen LogP contribution in [0, 0.1) is 6.92 Å². The number of carbonyl (C=O) groups is 1. The second kappa shape index (κ2) is 8.88. The van der Waals surface area contributed by atoms with E-state index in [1.54, 1.807) is 16.9 Å². The summed E-state index contributed by atoms with van der Waals surface area (Å²) >= 11 is 0. The van der Waals surface area contributed by atoms with E-state index in [1.807, 2.05) is 79.7 Å². The zero-order valence-corrected chi connectivity index (χ0v) is 17.8. The van der Waals surface area contributed by atoms with Crippen LogP contribution in [0.4, 0.5) is 5.69 Å². The van der Waals surface area contributed by atoms with E-state index in [-0.39, 0.29) is 12.5 Å². The molecule has 3 aromatic heterocycles. The molecule has 8 heteroatoms. The molecule has 0 bridgehead atoms. The highest BCUT2D eigenvalue weighted by Crippen LogP contribution is 2.23. The minimum Gasteiger partial charge on any atom is -0.484 e. The van der Waals surface area contributed by atoms with Gasteiger partial charge in [0.1, 0.15) is 5.75 Å². The highest BCUT2D eigenvalue weighted by molar-refractivity contribution is 5.92. The van der Waals surface area contributed by atoms with Gasteiger partial charge in [-0.2, -0.15) is 9.61 Å². The standard InChI is InChI=1S/C25H20N6O2/c1-17-5-2-9-21(13-17)33-16-24(32)27-20-8-3-6-18(14-20)22-10-11-23-28-29-25(31(23)30-22)19-7-4-12-26-15-19/h2-15H,16H2,1H3,(H,27,32). The maximum Gasteiger partial charge on any atom is 0.262 e. The first-order valence-corrected chi connectivity index (χ1v) is 10.4. The summed E-state index contributed by atoms with van der Waals surface area (Å²) in [4.78, 5) is 16.5. The third-order valence-corrected chi connectivity index (χ3v) is 4.98. The molecule has 5 rings (SSSR count). The number of pyridine rings is 1. The second-order valence-corrected chi connectivity index (χ2v) is 7.49. The molecular formula is C25H20N6O2. The van der Waals surface area contributed by atoms with Crippen molar-refractivity contribution >= 4 is 17.2 Å². The molecule has 0 spiro atoms. The SMILES string of the molecule is Cc1cccc(OCC(=O)Nc2cccc(-c3ccc4nnc(-c5cccnc5)n4n3)c2)c1. The quantitative estimate of drug-likeness (QED) is 0.429. The Hall–Kier alpha value is -4.59. The Morgan fingerprint density at radius 1 is 0.970 bits per heavy atom. The van der Waals surface area contributed by atoms with E-state index in [0.717, 1.165) is 22.4 Å². The summed E-state index contributed by atoms with van der Waals surface area (Å²) in [5.41, 5.74) is 4.76. The number of aryl methyl sites for hydroxylation is 1. The summed E-state index contributed by atoms with van der Waals surface area (Å²) in [7, 11) is 0. The van der Waals surface area contributed by atoms with Crippen molar-refractivity contribution in [2.45, 2.75) is 6.92 Å². The lowest BCUT2D eigenvalue weighted by atomic mass is 10.1. The third-order valence-electron chi connectivity index (χ3n) is 4.98. The smallest absolute Gasteiger partial charge is 0.262 e. The van der Waals surface area contributed by atoms with Crippen molar-refractivity contribution in [3.63, 3.8) is 0 Å². The van der Waals surface area contributed by atoms with E-state index in [1.165, 1.54) is 0 Å². The molecule has 1 N–H and O–H groups in total. The fraction of sp³-hybridized carbons (Fsp3) is 0.0800. The normalized spacial score (nSPS) is 10.8. The van der Waals surface area contributed by atoms with Crippen LogP contribution < -0.4 is 10.1 Å². The number of aromatic nitrogens is 5. The molecule has 2 aromatic carbocycles. The average molecular weight is 436 g/mol. The summed E-state index contributed by atoms with van der Waals surface area (Å²) in [5, 5.41) is 16.0. The van der Waals surface area contributed by atoms with Gasteiger partial charge in [-0.05, 0) is 61.0 Å². The Morgan fingerprint density at radius 2 is 1.85 bits per heavy atom. The van der Waals surface area contributed by atoms with Crippen molar-refractivity contribution < 1.29 is 9.53 Å². The van der Waals surface area contributed by atoms with Crippen LogP contribution in [0.5, 0.6) is 5.75 Å². The van der Waals surface area contributed by atoms with Crippen LogP contribution in [0.25, 0.3) is 28.3 Å². The predicted octanol–water partition coefficient (Wildman–Crippen LogP) is 4.18. The molecule has 162 valence electrons. The first-order chi connectivity index (χ1) is 16.2. The van der Waals surface area contributed by atoms with E-state index in [0.29, 0.717) is 22.9 Å². The van der Waals surface area contributed by atoms with Gasteiger partial charge in [-0.1, -0.05) is 24.3 Å². The molecule has 5 aromatic rings. The first-order valence-electron chi connectivity index (χ1n) is 10.4. The number of amides is 1. The number of hydrogen-bond donors (Lipinski definition) is 1. The molecule has 0 atom stereocenters. The Kier molecular flexibility index (Phi) is 5.47. The van der Waals surface area contributed by atoms with Gasteiger partial charge in [0, 0.05) is 29.2 Å². The summed E-state index contributed by atoms with van der Waals surface area (Å²) in [6.45, 7) is 1.90. The fourth-order valence-electron chi connectivity index (χ4n) is 3.43. The average Bonchev–Trinajstić information content (AvgIpc) is 3.27. The summed E-state index contributed by atoms with van der Waals surface area (Å²) in [5.74, 6) is 1.03. The van der Waals surface area contributed by atoms with Crippen LogP contribution in [0.1, 0.15) is 5.56 Å². The molecule has 1 amide bonds. The largest absolute Gasteiger partial charge is 0.484 e. The van der Waals surface area contributed by atoms with Crippen LogP contribution in [-0.4, -0.2) is 37.3 Å². The Balaban J connectivity index is 1.35. The molecular weight excluding hydrogens is 416 g/mol. The maximum absolute atomic E-state index is 12.4. The molecule has 0 radical (unpaired) electrons. The number of rotatable bonds is 6. The number of ether oxygens (including phenoxy) is 1. The molecule has 33 heavy (non-hydrogen) atoms. The molecule has 0 aliphatic rings. The number of nitrogens with zero attached hydrogens (tertiary/aromatic N) is 5. The van der Waals surface area contributed by atoms with Crippen LogP contribution >= 0.6 is 0 Å². The second-order valence-electron chi connectivity index (χ2n) is 7.49. The predicted molar refractivity (Wildman–Crippen MR) is 125 cm³/mol. The topological polar surface area (TPSA) is 94.3 Å². The lowest BCUT2D eigenvalue weighted by Gasteiger charge is -2.09. The van der Waals surface area contributed by atoms with E-state index in [2.05, 4.69) is 20.5 Å². The zero-order valence-electron chi connectivity index (χ0n) is 17.8. The van der Waals surface area contributed by atoms with E-state index >= 15 is 0 Å². The highest BCUT2D eigenvalue weighted by Gasteiger charge is 2.12. The lowest BCUT2D eigenvalue weighted by Crippen LogP contribution is -2.20. The molecule has 0 saturated carbocycles. The van der Waals surface area contributed by atoms with E-state index in [9.17, 15) is 4.79 Å². The molecule has 8 nitrogen and oxygen atoms in total. The molecule has 0 aliphatic heterocycles. The molecule has 0 unspecified atom stereocenters. The van der Waals surface area contributed by atoms with Crippen molar-refractivity contribution in [2.24, 2.45) is 0 Å². The van der Waals surface area contributed by atoms with E-state index < -0.39 is 0 Å². The minimum absolute atomic E-state index is 0.0763. The summed E-state index contributed by atoms with van der Waals surface area (Å²) in [6.07, 6.45) is 3.43.